The van der Waals surface area contributed by atoms with Gasteiger partial charge in [0.2, 0.25) is 0 Å². The van der Waals surface area contributed by atoms with E-state index in [0.717, 1.165) is 60.2 Å². The smallest absolute Gasteiger partial charge is 0.124 e. The summed E-state index contributed by atoms with van der Waals surface area (Å²) in [6.45, 7) is 2.16. The van der Waals surface area contributed by atoms with Gasteiger partial charge in [0.15, 0.2) is 0 Å². The van der Waals surface area contributed by atoms with Crippen LogP contribution in [0.5, 0.6) is 0 Å². The Kier molecular flexibility index (Phi) is 5.48. The van der Waals surface area contributed by atoms with Crippen LogP contribution in [0.3, 0.4) is 0 Å². The molecule has 4 N–H and O–H groups in total. The number of H-pyrrole nitrogens is 2. The topological polar surface area (TPSA) is 81.4 Å². The molecule has 5 aromatic rings. The minimum atomic E-state index is 0.357. The molecule has 0 spiro atoms. The van der Waals surface area contributed by atoms with Gasteiger partial charge in [-0.05, 0) is 121 Å². The average molecular weight is 541 g/mol. The minimum Gasteiger partial charge on any atom is -0.341 e. The van der Waals surface area contributed by atoms with E-state index in [4.69, 9.17) is 4.98 Å². The molecule has 0 amide bonds. The highest BCUT2D eigenvalue weighted by atomic mass is 15.0. The molecule has 2 aromatic heterocycles. The summed E-state index contributed by atoms with van der Waals surface area (Å²) in [5.41, 5.74) is 13.1. The van der Waals surface area contributed by atoms with Crippen LogP contribution in [-0.4, -0.2) is 33.0 Å². The van der Waals surface area contributed by atoms with Gasteiger partial charge >= 0.3 is 0 Å². The van der Waals surface area contributed by atoms with E-state index in [2.05, 4.69) is 80.2 Å². The van der Waals surface area contributed by atoms with Crippen molar-refractivity contribution < 1.29 is 0 Å². The maximum Gasteiger partial charge on any atom is 0.124 e. The summed E-state index contributed by atoms with van der Waals surface area (Å²) < 4.78 is 0. The normalized spacial score (nSPS) is 25.0. The number of nitrogens with zero attached hydrogens (tertiary/aromatic N) is 2. The van der Waals surface area contributed by atoms with E-state index in [1.165, 1.54) is 59.9 Å². The third-order valence-electron chi connectivity index (χ3n) is 10.3. The fourth-order valence-electron chi connectivity index (χ4n) is 7.97. The Morgan fingerprint density at radius 2 is 1.44 bits per heavy atom. The second-order valence-corrected chi connectivity index (χ2v) is 12.6. The van der Waals surface area contributed by atoms with Gasteiger partial charge in [-0.25, -0.2) is 9.97 Å². The maximum absolute atomic E-state index is 4.91. The fraction of sp³-hybridized carbons (Fsp3) is 0.371. The van der Waals surface area contributed by atoms with Gasteiger partial charge in [-0.1, -0.05) is 42.5 Å². The van der Waals surface area contributed by atoms with Crippen molar-refractivity contribution in [2.24, 2.45) is 5.92 Å². The molecule has 3 fully saturated rings. The van der Waals surface area contributed by atoms with E-state index in [0.29, 0.717) is 18.0 Å². The van der Waals surface area contributed by atoms with E-state index >= 15 is 0 Å². The molecule has 0 bridgehead atoms. The lowest BCUT2D eigenvalue weighted by atomic mass is 9.73. The number of aromatic amines is 2. The Morgan fingerprint density at radius 1 is 0.683 bits per heavy atom. The van der Waals surface area contributed by atoms with Crippen molar-refractivity contribution in [3.05, 3.63) is 83.6 Å². The molecule has 2 aliphatic heterocycles. The first-order valence-corrected chi connectivity index (χ1v) is 15.6. The molecule has 4 heterocycles. The first kappa shape index (κ1) is 23.9. The number of nitrogens with one attached hydrogen (secondary N) is 4. The van der Waals surface area contributed by atoms with Crippen LogP contribution >= 0.6 is 0 Å². The predicted octanol–water partition coefficient (Wildman–Crippen LogP) is 7.19. The van der Waals surface area contributed by atoms with Gasteiger partial charge in [-0.2, -0.15) is 0 Å². The highest BCUT2D eigenvalue weighted by molar-refractivity contribution is 5.86. The first-order valence-electron chi connectivity index (χ1n) is 15.6. The number of hydrogen-bond donors (Lipinski definition) is 4. The van der Waals surface area contributed by atoms with Crippen LogP contribution < -0.4 is 10.6 Å². The third kappa shape index (κ3) is 3.92. The highest BCUT2D eigenvalue weighted by Crippen LogP contribution is 2.56. The molecular formula is C35H36N6. The summed E-state index contributed by atoms with van der Waals surface area (Å²) >= 11 is 0. The summed E-state index contributed by atoms with van der Waals surface area (Å²) in [5.74, 6) is 3.64. The van der Waals surface area contributed by atoms with Gasteiger partial charge in [0, 0.05) is 0 Å². The molecule has 3 aromatic carbocycles. The summed E-state index contributed by atoms with van der Waals surface area (Å²) in [6.07, 6.45) is 10.6. The molecule has 2 unspecified atom stereocenters. The van der Waals surface area contributed by atoms with Gasteiger partial charge in [0.1, 0.15) is 11.6 Å². The lowest BCUT2D eigenvalue weighted by molar-refractivity contribution is 0.281. The lowest BCUT2D eigenvalue weighted by Gasteiger charge is -2.31. The molecule has 2 saturated heterocycles. The average Bonchev–Trinajstić information content (AvgIpc) is 3.82. The number of hydrogen-bond acceptors (Lipinski definition) is 4. The number of rotatable bonds is 5. The van der Waals surface area contributed by atoms with E-state index in [1.54, 1.807) is 11.1 Å². The Labute approximate surface area is 240 Å². The van der Waals surface area contributed by atoms with E-state index in [9.17, 15) is 0 Å². The Morgan fingerprint density at radius 3 is 2.20 bits per heavy atom. The molecule has 206 valence electrons. The molecule has 4 atom stereocenters. The van der Waals surface area contributed by atoms with Crippen molar-refractivity contribution >= 4 is 11.0 Å². The SMILES string of the molecule is c1cc(-c2ccc(-c3ccc4nc([C@@H]5CCCN5)[nH]c4c3)c3c2C2CCC2C3)ccc1-c1cnc([C@@H]2CCCN2)[nH]1. The summed E-state index contributed by atoms with van der Waals surface area (Å²) in [4.78, 5) is 16.8. The van der Waals surface area contributed by atoms with Crippen LogP contribution in [0.4, 0.5) is 0 Å². The van der Waals surface area contributed by atoms with Gasteiger partial charge in [0.25, 0.3) is 0 Å². The van der Waals surface area contributed by atoms with Crippen LogP contribution in [0.15, 0.2) is 60.8 Å². The van der Waals surface area contributed by atoms with Crippen LogP contribution in [0, 0.1) is 5.92 Å². The lowest BCUT2D eigenvalue weighted by Crippen LogP contribution is -2.19. The Hall–Kier alpha value is -3.74. The van der Waals surface area contributed by atoms with Crippen LogP contribution in [-0.2, 0) is 6.42 Å². The maximum atomic E-state index is 4.91. The molecule has 6 nitrogen and oxygen atoms in total. The summed E-state index contributed by atoms with van der Waals surface area (Å²) in [7, 11) is 0. The van der Waals surface area contributed by atoms with Gasteiger partial charge in [0.05, 0.1) is 35.0 Å². The summed E-state index contributed by atoms with van der Waals surface area (Å²) in [5, 5.41) is 7.12. The van der Waals surface area contributed by atoms with Crippen molar-refractivity contribution in [2.45, 2.75) is 62.9 Å². The molecular weight excluding hydrogens is 504 g/mol. The molecule has 4 aliphatic rings. The molecule has 2 aliphatic carbocycles. The molecule has 1 saturated carbocycles. The van der Waals surface area contributed by atoms with E-state index in [1.807, 2.05) is 6.20 Å². The number of aromatic nitrogens is 4. The van der Waals surface area contributed by atoms with Crippen molar-refractivity contribution in [2.75, 3.05) is 13.1 Å². The quantitative estimate of drug-likeness (QED) is 0.190. The van der Waals surface area contributed by atoms with E-state index < -0.39 is 0 Å². The van der Waals surface area contributed by atoms with Gasteiger partial charge in [-0.3, -0.25) is 0 Å². The standard InChI is InChI=1S/C35H36N6/c1-3-29(36-15-1)34-38-19-32(41-34)21-7-5-20(6-8-21)25-13-12-24(27-17-22-9-11-26(22)33(25)27)23-10-14-28-31(18-23)40-35(39-28)30-4-2-16-37-30/h5-8,10,12-14,18-19,22,26,29-30,36-37H,1-4,9,11,15-17H2,(H,38,41)(H,39,40)/t22?,26?,29-,30-/m0/s1. The Bertz CT molecular complexity index is 1750. The molecule has 0 radical (unpaired) electrons. The molecule has 6 heteroatoms. The Balaban J connectivity index is 1.06. The molecule has 9 rings (SSSR count). The predicted molar refractivity (Wildman–Crippen MR) is 164 cm³/mol. The molecule has 41 heavy (non-hydrogen) atoms. The second-order valence-electron chi connectivity index (χ2n) is 12.6. The number of benzene rings is 3. The van der Waals surface area contributed by atoms with Crippen molar-refractivity contribution in [3.8, 4) is 33.5 Å². The zero-order valence-electron chi connectivity index (χ0n) is 23.3. The monoisotopic (exact) mass is 540 g/mol. The number of imidazole rings is 2. The van der Waals surface area contributed by atoms with E-state index in [-0.39, 0.29) is 0 Å². The van der Waals surface area contributed by atoms with Gasteiger partial charge < -0.3 is 20.6 Å². The van der Waals surface area contributed by atoms with Crippen LogP contribution in [0.2, 0.25) is 0 Å². The zero-order valence-corrected chi connectivity index (χ0v) is 23.3. The van der Waals surface area contributed by atoms with Crippen LogP contribution in [0.1, 0.15) is 79.3 Å². The van der Waals surface area contributed by atoms with Gasteiger partial charge in [-0.15, -0.1) is 0 Å². The van der Waals surface area contributed by atoms with Crippen molar-refractivity contribution in [1.82, 2.24) is 30.6 Å². The van der Waals surface area contributed by atoms with Crippen molar-refractivity contribution in [1.29, 1.82) is 0 Å². The first-order chi connectivity index (χ1) is 20.3. The van der Waals surface area contributed by atoms with Crippen molar-refractivity contribution in [3.63, 3.8) is 0 Å². The largest absolute Gasteiger partial charge is 0.341 e. The zero-order chi connectivity index (χ0) is 26.9. The minimum absolute atomic E-state index is 0.357. The summed E-state index contributed by atoms with van der Waals surface area (Å²) in [6, 6.07) is 21.4. The second kappa shape index (κ2) is 9.40. The third-order valence-corrected chi connectivity index (χ3v) is 10.3. The van der Waals surface area contributed by atoms with Crippen LogP contribution in [0.25, 0.3) is 44.5 Å². The fourth-order valence-corrected chi connectivity index (χ4v) is 7.97. The number of fused-ring (bicyclic) bond motifs is 4. The highest BCUT2D eigenvalue weighted by Gasteiger charge is 2.41.